The standard InChI is InChI=1S/C24H29N3O5S/c1-32-20-6-4-18(5-7-20)17-25-33(30,31)21-8-9-22-19(16-21)12-15-27(22)24(29)11-10-23(28)26-13-2-3-14-26/h4-9,16,25H,2-3,10-15,17H2,1H3. The number of carbonyl (C=O) groups is 2. The van der Waals surface area contributed by atoms with Crippen molar-refractivity contribution in [2.24, 2.45) is 0 Å². The number of anilines is 1. The van der Waals surface area contributed by atoms with E-state index in [9.17, 15) is 18.0 Å². The van der Waals surface area contributed by atoms with Crippen molar-refractivity contribution in [3.8, 4) is 5.75 Å². The number of likely N-dealkylation sites (tertiary alicyclic amines) is 1. The molecule has 0 unspecified atom stereocenters. The number of amides is 2. The molecule has 1 fully saturated rings. The Balaban J connectivity index is 1.37. The quantitative estimate of drug-likeness (QED) is 0.638. The zero-order valence-electron chi connectivity index (χ0n) is 18.7. The Kier molecular flexibility index (Phi) is 6.99. The first kappa shape index (κ1) is 23.3. The predicted octanol–water partition coefficient (Wildman–Crippen LogP) is 2.47. The summed E-state index contributed by atoms with van der Waals surface area (Å²) < 4.78 is 33.3. The third-order valence-electron chi connectivity index (χ3n) is 6.19. The predicted molar refractivity (Wildman–Crippen MR) is 125 cm³/mol. The lowest BCUT2D eigenvalue weighted by Crippen LogP contribution is -2.32. The Bertz CT molecular complexity index is 1130. The zero-order chi connectivity index (χ0) is 23.4. The van der Waals surface area contributed by atoms with Crippen LogP contribution in [0.25, 0.3) is 0 Å². The first-order chi connectivity index (χ1) is 15.9. The highest BCUT2D eigenvalue weighted by molar-refractivity contribution is 7.89. The van der Waals surface area contributed by atoms with Gasteiger partial charge in [0.2, 0.25) is 21.8 Å². The largest absolute Gasteiger partial charge is 0.497 e. The SMILES string of the molecule is COc1ccc(CNS(=O)(=O)c2ccc3c(c2)CCN3C(=O)CCC(=O)N2CCCC2)cc1. The number of carbonyl (C=O) groups excluding carboxylic acids is 2. The lowest BCUT2D eigenvalue weighted by Gasteiger charge is -2.19. The number of sulfonamides is 1. The molecule has 2 amide bonds. The first-order valence-corrected chi connectivity index (χ1v) is 12.7. The van der Waals surface area contributed by atoms with Gasteiger partial charge >= 0.3 is 0 Å². The van der Waals surface area contributed by atoms with Gasteiger partial charge in [-0.2, -0.15) is 0 Å². The van der Waals surface area contributed by atoms with E-state index in [1.807, 2.05) is 17.0 Å². The van der Waals surface area contributed by atoms with Crippen LogP contribution in [0.1, 0.15) is 36.8 Å². The number of fused-ring (bicyclic) bond motifs is 1. The fourth-order valence-electron chi connectivity index (χ4n) is 4.28. The normalized spacial score (nSPS) is 15.5. The van der Waals surface area contributed by atoms with Gasteiger partial charge in [0.1, 0.15) is 5.75 Å². The van der Waals surface area contributed by atoms with Gasteiger partial charge in [-0.3, -0.25) is 9.59 Å². The first-order valence-electron chi connectivity index (χ1n) is 11.2. The number of rotatable bonds is 8. The number of hydrogen-bond acceptors (Lipinski definition) is 5. The summed E-state index contributed by atoms with van der Waals surface area (Å²) in [6.45, 7) is 2.22. The molecule has 2 aromatic rings. The third-order valence-corrected chi connectivity index (χ3v) is 7.59. The molecule has 0 spiro atoms. The molecule has 0 saturated carbocycles. The number of nitrogens with one attached hydrogen (secondary N) is 1. The van der Waals surface area contributed by atoms with Gasteiger partial charge in [0.25, 0.3) is 0 Å². The second-order valence-electron chi connectivity index (χ2n) is 8.35. The minimum atomic E-state index is -3.70. The van der Waals surface area contributed by atoms with Gasteiger partial charge < -0.3 is 14.5 Å². The van der Waals surface area contributed by atoms with E-state index in [0.29, 0.717) is 18.7 Å². The molecule has 8 nitrogen and oxygen atoms in total. The molecule has 9 heteroatoms. The number of benzene rings is 2. The average molecular weight is 472 g/mol. The van der Waals surface area contributed by atoms with E-state index in [0.717, 1.165) is 42.7 Å². The van der Waals surface area contributed by atoms with Crippen molar-refractivity contribution in [3.63, 3.8) is 0 Å². The highest BCUT2D eigenvalue weighted by atomic mass is 32.2. The summed E-state index contributed by atoms with van der Waals surface area (Å²) >= 11 is 0. The Labute approximate surface area is 194 Å². The van der Waals surface area contributed by atoms with Gasteiger partial charge in [-0.15, -0.1) is 0 Å². The van der Waals surface area contributed by atoms with E-state index in [1.165, 1.54) is 6.07 Å². The molecule has 1 N–H and O–H groups in total. The fourth-order valence-corrected chi connectivity index (χ4v) is 5.35. The molecule has 0 atom stereocenters. The van der Waals surface area contributed by atoms with E-state index >= 15 is 0 Å². The van der Waals surface area contributed by atoms with Gasteiger partial charge in [-0.1, -0.05) is 12.1 Å². The molecule has 1 saturated heterocycles. The number of methoxy groups -OCH3 is 1. The fraction of sp³-hybridized carbons (Fsp3) is 0.417. The van der Waals surface area contributed by atoms with Crippen LogP contribution >= 0.6 is 0 Å². The highest BCUT2D eigenvalue weighted by Crippen LogP contribution is 2.31. The van der Waals surface area contributed by atoms with Crippen LogP contribution < -0.4 is 14.4 Å². The highest BCUT2D eigenvalue weighted by Gasteiger charge is 2.27. The maximum atomic E-state index is 12.8. The molecule has 33 heavy (non-hydrogen) atoms. The van der Waals surface area contributed by atoms with Crippen LogP contribution in [0.3, 0.4) is 0 Å². The van der Waals surface area contributed by atoms with Crippen molar-refractivity contribution in [2.45, 2.75) is 43.5 Å². The maximum absolute atomic E-state index is 12.8. The number of ether oxygens (including phenoxy) is 1. The smallest absolute Gasteiger partial charge is 0.240 e. The summed E-state index contributed by atoms with van der Waals surface area (Å²) in [5, 5.41) is 0. The summed E-state index contributed by atoms with van der Waals surface area (Å²) in [6, 6.07) is 12.0. The van der Waals surface area contributed by atoms with Gasteiger partial charge in [0, 0.05) is 44.7 Å². The number of hydrogen-bond donors (Lipinski definition) is 1. The molecule has 0 aliphatic carbocycles. The monoisotopic (exact) mass is 471 g/mol. The third kappa shape index (κ3) is 5.36. The Morgan fingerprint density at radius 1 is 0.970 bits per heavy atom. The summed E-state index contributed by atoms with van der Waals surface area (Å²) in [5.41, 5.74) is 2.37. The van der Waals surface area contributed by atoms with Crippen LogP contribution in [0.2, 0.25) is 0 Å². The molecule has 4 rings (SSSR count). The molecular formula is C24H29N3O5S. The average Bonchev–Trinajstić information content (AvgIpc) is 3.51. The van der Waals surface area contributed by atoms with Crippen LogP contribution in [0, 0.1) is 0 Å². The molecule has 2 heterocycles. The summed E-state index contributed by atoms with van der Waals surface area (Å²) in [6.07, 6.45) is 3.02. The summed E-state index contributed by atoms with van der Waals surface area (Å²) in [4.78, 5) is 28.6. The molecular weight excluding hydrogens is 442 g/mol. The van der Waals surface area contributed by atoms with E-state index < -0.39 is 10.0 Å². The van der Waals surface area contributed by atoms with Gasteiger partial charge in [-0.25, -0.2) is 13.1 Å². The Morgan fingerprint density at radius 2 is 1.67 bits per heavy atom. The van der Waals surface area contributed by atoms with Crippen LogP contribution in [0.15, 0.2) is 47.4 Å². The van der Waals surface area contributed by atoms with Crippen LogP contribution in [-0.4, -0.2) is 51.9 Å². The van der Waals surface area contributed by atoms with Crippen molar-refractivity contribution in [1.82, 2.24) is 9.62 Å². The summed E-state index contributed by atoms with van der Waals surface area (Å²) in [7, 11) is -2.12. The molecule has 2 aliphatic rings. The van der Waals surface area contributed by atoms with Crippen molar-refractivity contribution in [2.75, 3.05) is 31.6 Å². The minimum Gasteiger partial charge on any atom is -0.497 e. The van der Waals surface area contributed by atoms with Crippen molar-refractivity contribution in [1.29, 1.82) is 0 Å². The van der Waals surface area contributed by atoms with Crippen molar-refractivity contribution < 1.29 is 22.7 Å². The van der Waals surface area contributed by atoms with Crippen LogP contribution in [0.5, 0.6) is 5.75 Å². The molecule has 2 aromatic carbocycles. The van der Waals surface area contributed by atoms with Crippen LogP contribution in [-0.2, 0) is 32.6 Å². The van der Waals surface area contributed by atoms with Crippen molar-refractivity contribution >= 4 is 27.5 Å². The van der Waals surface area contributed by atoms with Gasteiger partial charge in [-0.05, 0) is 60.7 Å². The summed E-state index contributed by atoms with van der Waals surface area (Å²) in [5.74, 6) is 0.638. The molecule has 0 aromatic heterocycles. The number of nitrogens with zero attached hydrogens (tertiary/aromatic N) is 2. The Hall–Kier alpha value is -2.91. The topological polar surface area (TPSA) is 96.0 Å². The second kappa shape index (κ2) is 9.93. The molecule has 2 aliphatic heterocycles. The molecule has 0 radical (unpaired) electrons. The Morgan fingerprint density at radius 3 is 2.36 bits per heavy atom. The van der Waals surface area contributed by atoms with E-state index in [-0.39, 0.29) is 36.1 Å². The second-order valence-corrected chi connectivity index (χ2v) is 10.1. The van der Waals surface area contributed by atoms with Crippen molar-refractivity contribution in [3.05, 3.63) is 53.6 Å². The molecule has 176 valence electrons. The van der Waals surface area contributed by atoms with E-state index in [1.54, 1.807) is 36.3 Å². The van der Waals surface area contributed by atoms with Crippen LogP contribution in [0.4, 0.5) is 5.69 Å². The molecule has 0 bridgehead atoms. The van der Waals surface area contributed by atoms with E-state index in [4.69, 9.17) is 4.74 Å². The maximum Gasteiger partial charge on any atom is 0.240 e. The lowest BCUT2D eigenvalue weighted by atomic mass is 10.2. The zero-order valence-corrected chi connectivity index (χ0v) is 19.6. The van der Waals surface area contributed by atoms with Gasteiger partial charge in [0.15, 0.2) is 0 Å². The lowest BCUT2D eigenvalue weighted by molar-refractivity contribution is -0.132. The minimum absolute atomic E-state index is 0.0321. The van der Waals surface area contributed by atoms with E-state index in [2.05, 4.69) is 4.72 Å². The van der Waals surface area contributed by atoms with Gasteiger partial charge in [0.05, 0.1) is 12.0 Å².